The van der Waals surface area contributed by atoms with Crippen LogP contribution in [0.5, 0.6) is 0 Å². The summed E-state index contributed by atoms with van der Waals surface area (Å²) in [6, 6.07) is 3.77. The van der Waals surface area contributed by atoms with E-state index in [0.29, 0.717) is 12.2 Å². The van der Waals surface area contributed by atoms with E-state index in [-0.39, 0.29) is 17.9 Å². The van der Waals surface area contributed by atoms with Gasteiger partial charge in [0, 0.05) is 25.2 Å². The average Bonchev–Trinajstić information content (AvgIpc) is 2.69. The highest BCUT2D eigenvalue weighted by Gasteiger charge is 2.23. The smallest absolute Gasteiger partial charge is 0.267 e. The van der Waals surface area contributed by atoms with E-state index < -0.39 is 0 Å². The van der Waals surface area contributed by atoms with Crippen molar-refractivity contribution in [1.82, 2.24) is 9.88 Å². The van der Waals surface area contributed by atoms with Crippen molar-refractivity contribution in [1.29, 1.82) is 0 Å². The van der Waals surface area contributed by atoms with Crippen LogP contribution in [-0.4, -0.2) is 28.2 Å². The summed E-state index contributed by atoms with van der Waals surface area (Å²) in [5.41, 5.74) is 1.75. The molecule has 2 rings (SSSR count). The van der Waals surface area contributed by atoms with E-state index in [0.717, 1.165) is 31.4 Å². The molecule has 1 heterocycles. The van der Waals surface area contributed by atoms with Crippen LogP contribution in [0.25, 0.3) is 0 Å². The first-order chi connectivity index (χ1) is 8.59. The van der Waals surface area contributed by atoms with Gasteiger partial charge in [-0.1, -0.05) is 12.8 Å². The van der Waals surface area contributed by atoms with Gasteiger partial charge in [0.1, 0.15) is 5.69 Å². The monoisotopic (exact) mass is 250 g/mol. The molecule has 0 bridgehead atoms. The first kappa shape index (κ1) is 13.1. The summed E-state index contributed by atoms with van der Waals surface area (Å²) in [7, 11) is 1.89. The van der Waals surface area contributed by atoms with Crippen molar-refractivity contribution in [3.8, 4) is 0 Å². The average molecular weight is 250 g/mol. The molecule has 18 heavy (non-hydrogen) atoms. The third-order valence-electron chi connectivity index (χ3n) is 4.00. The molecule has 4 nitrogen and oxygen atoms in total. The van der Waals surface area contributed by atoms with Crippen LogP contribution < -0.4 is 5.32 Å². The molecule has 0 aliphatic heterocycles. The predicted molar refractivity (Wildman–Crippen MR) is 70.4 cm³/mol. The SMILES string of the molecule is Cc1ccc(C(=O)NCC2CCCCC2O)n1C. The maximum Gasteiger partial charge on any atom is 0.267 e. The van der Waals surface area contributed by atoms with Crippen molar-refractivity contribution in [3.05, 3.63) is 23.5 Å². The molecular weight excluding hydrogens is 228 g/mol. The van der Waals surface area contributed by atoms with Gasteiger partial charge in [0.2, 0.25) is 0 Å². The molecule has 1 amide bonds. The van der Waals surface area contributed by atoms with Crippen LogP contribution in [-0.2, 0) is 7.05 Å². The second kappa shape index (κ2) is 5.57. The lowest BCUT2D eigenvalue weighted by molar-refractivity contribution is 0.0661. The van der Waals surface area contributed by atoms with Crippen molar-refractivity contribution in [2.45, 2.75) is 38.7 Å². The Hall–Kier alpha value is -1.29. The van der Waals surface area contributed by atoms with E-state index in [1.165, 1.54) is 0 Å². The van der Waals surface area contributed by atoms with Crippen molar-refractivity contribution in [2.75, 3.05) is 6.54 Å². The molecule has 100 valence electrons. The fraction of sp³-hybridized carbons (Fsp3) is 0.643. The Labute approximate surface area is 108 Å². The minimum Gasteiger partial charge on any atom is -0.393 e. The quantitative estimate of drug-likeness (QED) is 0.856. The zero-order chi connectivity index (χ0) is 13.1. The van der Waals surface area contributed by atoms with Crippen LogP contribution >= 0.6 is 0 Å². The molecule has 0 aromatic carbocycles. The minimum absolute atomic E-state index is 0.0524. The van der Waals surface area contributed by atoms with Gasteiger partial charge in [0.15, 0.2) is 0 Å². The van der Waals surface area contributed by atoms with Gasteiger partial charge in [-0.3, -0.25) is 4.79 Å². The highest BCUT2D eigenvalue weighted by atomic mass is 16.3. The predicted octanol–water partition coefficient (Wildman–Crippen LogP) is 1.61. The van der Waals surface area contributed by atoms with E-state index in [9.17, 15) is 9.90 Å². The molecule has 4 heteroatoms. The number of nitrogens with zero attached hydrogens (tertiary/aromatic N) is 1. The lowest BCUT2D eigenvalue weighted by Gasteiger charge is -2.27. The number of rotatable bonds is 3. The summed E-state index contributed by atoms with van der Waals surface area (Å²) in [5.74, 6) is 0.160. The van der Waals surface area contributed by atoms with Gasteiger partial charge < -0.3 is 15.0 Å². The van der Waals surface area contributed by atoms with E-state index in [4.69, 9.17) is 0 Å². The molecule has 1 aromatic rings. The molecule has 2 N–H and O–H groups in total. The van der Waals surface area contributed by atoms with E-state index >= 15 is 0 Å². The topological polar surface area (TPSA) is 54.3 Å². The molecular formula is C14H22N2O2. The molecule has 1 aromatic heterocycles. The van der Waals surface area contributed by atoms with Gasteiger partial charge in [-0.15, -0.1) is 0 Å². The van der Waals surface area contributed by atoms with Crippen molar-refractivity contribution in [2.24, 2.45) is 13.0 Å². The van der Waals surface area contributed by atoms with Crippen molar-refractivity contribution in [3.63, 3.8) is 0 Å². The number of nitrogens with one attached hydrogen (secondary N) is 1. The fourth-order valence-corrected chi connectivity index (χ4v) is 2.58. The molecule has 1 aliphatic carbocycles. The third-order valence-corrected chi connectivity index (χ3v) is 4.00. The maximum atomic E-state index is 12.0. The van der Waals surface area contributed by atoms with Gasteiger partial charge in [0.25, 0.3) is 5.91 Å². The van der Waals surface area contributed by atoms with Crippen LogP contribution in [0.3, 0.4) is 0 Å². The number of aliphatic hydroxyl groups is 1. The Kier molecular flexibility index (Phi) is 4.07. The fourth-order valence-electron chi connectivity index (χ4n) is 2.58. The summed E-state index contributed by atoms with van der Waals surface area (Å²) in [5, 5.41) is 12.8. The Bertz CT molecular complexity index is 425. The van der Waals surface area contributed by atoms with Crippen LogP contribution in [0, 0.1) is 12.8 Å². The number of aromatic nitrogens is 1. The van der Waals surface area contributed by atoms with Crippen molar-refractivity contribution >= 4 is 5.91 Å². The third kappa shape index (κ3) is 2.75. The first-order valence-electron chi connectivity index (χ1n) is 6.68. The first-order valence-corrected chi connectivity index (χ1v) is 6.68. The van der Waals surface area contributed by atoms with E-state index in [1.807, 2.05) is 30.7 Å². The lowest BCUT2D eigenvalue weighted by Crippen LogP contribution is -2.37. The largest absolute Gasteiger partial charge is 0.393 e. The number of aliphatic hydroxyl groups excluding tert-OH is 1. The lowest BCUT2D eigenvalue weighted by atomic mass is 9.86. The van der Waals surface area contributed by atoms with Crippen LogP contribution in [0.15, 0.2) is 12.1 Å². The summed E-state index contributed by atoms with van der Waals surface area (Å²) >= 11 is 0. The molecule has 0 saturated heterocycles. The molecule has 0 radical (unpaired) electrons. The summed E-state index contributed by atoms with van der Waals surface area (Å²) < 4.78 is 1.88. The van der Waals surface area contributed by atoms with Crippen LogP contribution in [0.4, 0.5) is 0 Å². The number of carbonyl (C=O) groups excluding carboxylic acids is 1. The highest BCUT2D eigenvalue weighted by molar-refractivity contribution is 5.92. The summed E-state index contributed by atoms with van der Waals surface area (Å²) in [6.07, 6.45) is 3.87. The van der Waals surface area contributed by atoms with E-state index in [1.54, 1.807) is 0 Å². The van der Waals surface area contributed by atoms with Gasteiger partial charge in [-0.05, 0) is 31.9 Å². The van der Waals surface area contributed by atoms with Gasteiger partial charge >= 0.3 is 0 Å². The van der Waals surface area contributed by atoms with E-state index in [2.05, 4.69) is 5.32 Å². The number of hydrogen-bond donors (Lipinski definition) is 2. The second-order valence-corrected chi connectivity index (χ2v) is 5.24. The zero-order valence-electron chi connectivity index (χ0n) is 11.1. The molecule has 1 saturated carbocycles. The summed E-state index contributed by atoms with van der Waals surface area (Å²) in [6.45, 7) is 2.55. The van der Waals surface area contributed by atoms with Gasteiger partial charge in [0.05, 0.1) is 6.10 Å². The molecule has 1 fully saturated rings. The number of carbonyl (C=O) groups is 1. The number of aryl methyl sites for hydroxylation is 1. The molecule has 0 spiro atoms. The van der Waals surface area contributed by atoms with Crippen LogP contribution in [0.2, 0.25) is 0 Å². The standard InChI is InChI=1S/C14H22N2O2/c1-10-7-8-12(16(10)2)14(18)15-9-11-5-3-4-6-13(11)17/h7-8,11,13,17H,3-6,9H2,1-2H3,(H,15,18). The van der Waals surface area contributed by atoms with Gasteiger partial charge in [-0.25, -0.2) is 0 Å². The Morgan fingerprint density at radius 1 is 1.44 bits per heavy atom. The number of hydrogen-bond acceptors (Lipinski definition) is 2. The number of amides is 1. The summed E-state index contributed by atoms with van der Waals surface area (Å²) in [4.78, 5) is 12.0. The van der Waals surface area contributed by atoms with Crippen LogP contribution in [0.1, 0.15) is 41.9 Å². The Morgan fingerprint density at radius 3 is 2.78 bits per heavy atom. The zero-order valence-corrected chi connectivity index (χ0v) is 11.1. The second-order valence-electron chi connectivity index (χ2n) is 5.24. The Balaban J connectivity index is 1.90. The Morgan fingerprint density at radius 2 is 2.17 bits per heavy atom. The molecule has 2 unspecified atom stereocenters. The molecule has 2 atom stereocenters. The van der Waals surface area contributed by atoms with Gasteiger partial charge in [-0.2, -0.15) is 0 Å². The van der Waals surface area contributed by atoms with Crippen molar-refractivity contribution < 1.29 is 9.90 Å². The highest BCUT2D eigenvalue weighted by Crippen LogP contribution is 2.23. The minimum atomic E-state index is -0.255. The maximum absolute atomic E-state index is 12.0. The normalized spacial score (nSPS) is 23.9. The molecule has 1 aliphatic rings.